The highest BCUT2D eigenvalue weighted by Crippen LogP contribution is 2.15. The van der Waals surface area contributed by atoms with Crippen molar-refractivity contribution in [3.8, 4) is 0 Å². The molecule has 0 bridgehead atoms. The summed E-state index contributed by atoms with van der Waals surface area (Å²) >= 11 is 0. The van der Waals surface area contributed by atoms with Gasteiger partial charge in [0.15, 0.2) is 6.10 Å². The van der Waals surface area contributed by atoms with Crippen molar-refractivity contribution in [3.63, 3.8) is 0 Å². The average Bonchev–Trinajstić information content (AvgIpc) is 3.45. The van der Waals surface area contributed by atoms with E-state index in [9.17, 15) is 14.4 Å². The lowest BCUT2D eigenvalue weighted by molar-refractivity contribution is -0.167. The minimum absolute atomic E-state index is 0.102. The minimum Gasteiger partial charge on any atom is -0.462 e. The van der Waals surface area contributed by atoms with Crippen LogP contribution in [-0.4, -0.2) is 37.2 Å². The number of hydrogen-bond donors (Lipinski definition) is 0. The van der Waals surface area contributed by atoms with E-state index >= 15 is 0 Å². The summed E-state index contributed by atoms with van der Waals surface area (Å²) in [5.74, 6) is -0.951. The molecule has 79 heavy (non-hydrogen) atoms. The van der Waals surface area contributed by atoms with Gasteiger partial charge in [-0.1, -0.05) is 263 Å². The Labute approximate surface area is 487 Å². The zero-order chi connectivity index (χ0) is 57.1. The number of hydrogen-bond acceptors (Lipinski definition) is 6. The first-order chi connectivity index (χ1) is 39.0. The fraction of sp³-hybridized carbons (Fsp3) is 0.630. The fourth-order valence-electron chi connectivity index (χ4n) is 8.53. The smallest absolute Gasteiger partial charge is 0.306 e. The summed E-state index contributed by atoms with van der Waals surface area (Å²) < 4.78 is 16.9. The summed E-state index contributed by atoms with van der Waals surface area (Å²) in [5, 5.41) is 0. The van der Waals surface area contributed by atoms with Gasteiger partial charge in [0.2, 0.25) is 0 Å². The second-order valence-corrected chi connectivity index (χ2v) is 20.9. The molecule has 0 heterocycles. The van der Waals surface area contributed by atoms with Gasteiger partial charge in [0, 0.05) is 19.3 Å². The molecular weight excluding hydrogens is 973 g/mol. The van der Waals surface area contributed by atoms with Crippen molar-refractivity contribution in [2.45, 2.75) is 284 Å². The largest absolute Gasteiger partial charge is 0.462 e. The molecule has 0 spiro atoms. The quantitative estimate of drug-likeness (QED) is 0.0261. The predicted octanol–water partition coefficient (Wildman–Crippen LogP) is 22.3. The number of carbonyl (C=O) groups is 3. The first kappa shape index (κ1) is 74.3. The van der Waals surface area contributed by atoms with Crippen LogP contribution in [0.3, 0.4) is 0 Å². The van der Waals surface area contributed by atoms with E-state index in [2.05, 4.69) is 167 Å². The second-order valence-electron chi connectivity index (χ2n) is 20.9. The van der Waals surface area contributed by atoms with Crippen LogP contribution in [0.25, 0.3) is 0 Å². The third-order valence-corrected chi connectivity index (χ3v) is 13.3. The molecule has 0 N–H and O–H groups in total. The molecule has 446 valence electrons. The molecule has 0 aliphatic rings. The van der Waals surface area contributed by atoms with Crippen LogP contribution in [0.1, 0.15) is 278 Å². The Hall–Kier alpha value is -4.71. The summed E-state index contributed by atoms with van der Waals surface area (Å²) in [5.41, 5.74) is 0. The van der Waals surface area contributed by atoms with Gasteiger partial charge in [-0.15, -0.1) is 0 Å². The third-order valence-electron chi connectivity index (χ3n) is 13.3. The van der Waals surface area contributed by atoms with Gasteiger partial charge in [0.1, 0.15) is 13.2 Å². The lowest BCUT2D eigenvalue weighted by Gasteiger charge is -2.18. The van der Waals surface area contributed by atoms with Crippen molar-refractivity contribution in [1.82, 2.24) is 0 Å². The zero-order valence-electron chi connectivity index (χ0n) is 51.1. The molecule has 0 aromatic rings. The Morgan fingerprint density at radius 1 is 0.266 bits per heavy atom. The normalized spacial score (nSPS) is 13.1. The summed E-state index contributed by atoms with van der Waals surface area (Å²) in [7, 11) is 0. The first-order valence-corrected chi connectivity index (χ1v) is 32.3. The molecule has 0 saturated heterocycles. The predicted molar refractivity (Wildman–Crippen MR) is 343 cm³/mol. The van der Waals surface area contributed by atoms with Crippen LogP contribution in [0.15, 0.2) is 146 Å². The van der Waals surface area contributed by atoms with Crippen LogP contribution >= 0.6 is 0 Å². The summed E-state index contributed by atoms with van der Waals surface area (Å²) in [6.07, 6.45) is 94.2. The molecule has 0 aliphatic carbocycles. The Morgan fingerprint density at radius 2 is 0.494 bits per heavy atom. The van der Waals surface area contributed by atoms with Crippen molar-refractivity contribution in [2.24, 2.45) is 0 Å². The van der Waals surface area contributed by atoms with Gasteiger partial charge < -0.3 is 14.2 Å². The van der Waals surface area contributed by atoms with Crippen molar-refractivity contribution >= 4 is 17.9 Å². The van der Waals surface area contributed by atoms with Gasteiger partial charge in [0.25, 0.3) is 0 Å². The molecule has 0 saturated carbocycles. The van der Waals surface area contributed by atoms with Gasteiger partial charge in [-0.2, -0.15) is 0 Å². The monoisotopic (exact) mass is 1090 g/mol. The summed E-state index contributed by atoms with van der Waals surface area (Å²) in [6.45, 7) is 6.35. The molecule has 0 fully saturated rings. The topological polar surface area (TPSA) is 78.9 Å². The van der Waals surface area contributed by atoms with E-state index in [4.69, 9.17) is 14.2 Å². The van der Waals surface area contributed by atoms with Gasteiger partial charge in [0.05, 0.1) is 0 Å². The van der Waals surface area contributed by atoms with E-state index in [0.717, 1.165) is 154 Å². The van der Waals surface area contributed by atoms with Crippen LogP contribution in [-0.2, 0) is 28.6 Å². The SMILES string of the molecule is CC/C=C\C/C=C\C/C=C\C/C=C\C/C=C\CCCCCCCCCCCCCC(=O)OCC(COC(=O)CCCCCCC/C=C\C/C=C\CCCCC)OC(=O)CCCCC/C=C\C/C=C\C/C=C\C/C=C\C/C=C\CC. The highest BCUT2D eigenvalue weighted by molar-refractivity contribution is 5.71. The van der Waals surface area contributed by atoms with Crippen molar-refractivity contribution in [2.75, 3.05) is 13.2 Å². The maximum atomic E-state index is 12.9. The number of rotatable bonds is 57. The van der Waals surface area contributed by atoms with E-state index < -0.39 is 6.10 Å². The molecule has 0 radical (unpaired) electrons. The van der Waals surface area contributed by atoms with Gasteiger partial charge in [-0.25, -0.2) is 0 Å². The molecule has 0 aromatic carbocycles. The minimum atomic E-state index is -0.810. The van der Waals surface area contributed by atoms with Crippen LogP contribution in [0.2, 0.25) is 0 Å². The lowest BCUT2D eigenvalue weighted by Crippen LogP contribution is -2.30. The van der Waals surface area contributed by atoms with Crippen molar-refractivity contribution in [1.29, 1.82) is 0 Å². The van der Waals surface area contributed by atoms with Crippen LogP contribution in [0, 0.1) is 0 Å². The van der Waals surface area contributed by atoms with Gasteiger partial charge >= 0.3 is 17.9 Å². The molecule has 6 heteroatoms. The Bertz CT molecular complexity index is 1730. The van der Waals surface area contributed by atoms with Crippen molar-refractivity contribution in [3.05, 3.63) is 146 Å². The van der Waals surface area contributed by atoms with E-state index in [-0.39, 0.29) is 37.5 Å². The van der Waals surface area contributed by atoms with Crippen LogP contribution in [0.4, 0.5) is 0 Å². The third kappa shape index (κ3) is 64.0. The number of ether oxygens (including phenoxy) is 3. The molecule has 1 unspecified atom stereocenters. The highest BCUT2D eigenvalue weighted by atomic mass is 16.6. The lowest BCUT2D eigenvalue weighted by atomic mass is 10.0. The molecule has 0 amide bonds. The maximum absolute atomic E-state index is 12.9. The van der Waals surface area contributed by atoms with E-state index in [1.807, 2.05) is 0 Å². The number of esters is 3. The van der Waals surface area contributed by atoms with E-state index in [1.54, 1.807) is 0 Å². The second kappa shape index (κ2) is 65.8. The van der Waals surface area contributed by atoms with Crippen LogP contribution in [0.5, 0.6) is 0 Å². The fourth-order valence-corrected chi connectivity index (χ4v) is 8.53. The number of carbonyl (C=O) groups excluding carboxylic acids is 3. The Morgan fingerprint density at radius 3 is 0.785 bits per heavy atom. The van der Waals surface area contributed by atoms with Crippen LogP contribution < -0.4 is 0 Å². The summed E-state index contributed by atoms with van der Waals surface area (Å²) in [4.78, 5) is 38.3. The van der Waals surface area contributed by atoms with E-state index in [0.29, 0.717) is 12.8 Å². The molecule has 6 nitrogen and oxygen atoms in total. The van der Waals surface area contributed by atoms with E-state index in [1.165, 1.54) is 83.5 Å². The molecular formula is C73H118O6. The average molecular weight is 1090 g/mol. The van der Waals surface area contributed by atoms with Gasteiger partial charge in [-0.05, 0) is 141 Å². The number of unbranched alkanes of at least 4 members (excludes halogenated alkanes) is 22. The Kier molecular flexibility index (Phi) is 61.9. The highest BCUT2D eigenvalue weighted by Gasteiger charge is 2.19. The van der Waals surface area contributed by atoms with Gasteiger partial charge in [-0.3, -0.25) is 14.4 Å². The standard InChI is InChI=1S/C73H118O6/c1-4-7-10-13-16-19-22-25-28-30-32-33-34-35-36-37-38-39-41-42-45-48-51-54-57-60-63-66-72(75)78-69-70(68-77-71(74)65-62-59-56-53-50-47-44-27-24-21-18-15-12-9-6-3)79-73(76)67-64-61-58-55-52-49-46-43-40-31-29-26-23-20-17-14-11-8-5-2/h7-8,10-11,16-21,25-29,32-33,35-36,40,43-44,49,52,70H,4-6,9,12-15,22-24,30-31,34,37-39,41-42,45-48,50-51,53-69H2,1-3H3/b10-7-,11-8-,19-16-,20-17-,21-18-,28-25-,29-26-,33-32-,36-35-,43-40-,44-27-,52-49-. The number of allylic oxidation sites excluding steroid dienone is 24. The Balaban J connectivity index is 4.42. The van der Waals surface area contributed by atoms with Crippen molar-refractivity contribution < 1.29 is 28.6 Å². The zero-order valence-corrected chi connectivity index (χ0v) is 51.1. The molecule has 0 rings (SSSR count). The molecule has 1 atom stereocenters. The maximum Gasteiger partial charge on any atom is 0.306 e. The summed E-state index contributed by atoms with van der Waals surface area (Å²) in [6, 6.07) is 0. The molecule has 0 aliphatic heterocycles. The molecule has 0 aromatic heterocycles. The first-order valence-electron chi connectivity index (χ1n) is 32.3.